The summed E-state index contributed by atoms with van der Waals surface area (Å²) in [5.74, 6) is 0. The van der Waals surface area contributed by atoms with E-state index in [1.54, 1.807) is 0 Å². The van der Waals surface area contributed by atoms with E-state index in [-0.39, 0.29) is 6.61 Å². The van der Waals surface area contributed by atoms with E-state index < -0.39 is 0 Å². The minimum absolute atomic E-state index is 0.256. The van der Waals surface area contributed by atoms with Crippen LogP contribution in [0, 0.1) is 6.92 Å². The van der Waals surface area contributed by atoms with Crippen molar-refractivity contribution in [1.82, 2.24) is 14.8 Å². The van der Waals surface area contributed by atoms with Gasteiger partial charge in [-0.2, -0.15) is 0 Å². The first kappa shape index (κ1) is 17.1. The Morgan fingerprint density at radius 1 is 1.36 bits per heavy atom. The highest BCUT2D eigenvalue weighted by Gasteiger charge is 2.25. The maximum Gasteiger partial charge on any atom is 0.0547 e. The third-order valence-electron chi connectivity index (χ3n) is 4.22. The molecule has 4 heteroatoms. The Morgan fingerprint density at radius 3 is 2.86 bits per heavy atom. The number of pyridine rings is 1. The van der Waals surface area contributed by atoms with E-state index in [2.05, 4.69) is 46.8 Å². The van der Waals surface area contributed by atoms with Gasteiger partial charge in [-0.1, -0.05) is 17.7 Å². The summed E-state index contributed by atoms with van der Waals surface area (Å²) in [6.07, 6.45) is 3.12. The van der Waals surface area contributed by atoms with Crippen molar-refractivity contribution in [2.24, 2.45) is 0 Å². The molecule has 1 aliphatic rings. The van der Waals surface area contributed by atoms with Crippen LogP contribution in [0.2, 0.25) is 0 Å². The quantitative estimate of drug-likeness (QED) is 0.818. The molecule has 0 aliphatic carbocycles. The summed E-state index contributed by atoms with van der Waals surface area (Å²) in [6.45, 7) is 11.6. The van der Waals surface area contributed by atoms with E-state index in [4.69, 9.17) is 0 Å². The molecule has 1 aromatic rings. The Labute approximate surface area is 134 Å². The topological polar surface area (TPSA) is 39.6 Å². The van der Waals surface area contributed by atoms with Crippen molar-refractivity contribution < 1.29 is 5.11 Å². The number of aryl methyl sites for hydroxylation is 1. The third kappa shape index (κ3) is 5.20. The first-order valence-corrected chi connectivity index (χ1v) is 8.21. The Hall–Kier alpha value is -1.23. The van der Waals surface area contributed by atoms with Crippen molar-refractivity contribution in [1.29, 1.82) is 0 Å². The highest BCUT2D eigenvalue weighted by atomic mass is 16.3. The standard InChI is InChI=1S/C18H29N3O/c1-15(2)7-9-21-11-10-20(14-18(21)8-12-22)13-17-6-4-5-16(3)19-17/h4-7,18,22H,8-14H2,1-3H3/t18-/m1/s1. The van der Waals surface area contributed by atoms with Crippen LogP contribution < -0.4 is 0 Å². The molecular weight excluding hydrogens is 274 g/mol. The van der Waals surface area contributed by atoms with E-state index in [0.717, 1.165) is 50.5 Å². The summed E-state index contributed by atoms with van der Waals surface area (Å²) in [4.78, 5) is 9.55. The van der Waals surface area contributed by atoms with Crippen LogP contribution in [0.3, 0.4) is 0 Å². The van der Waals surface area contributed by atoms with Crippen molar-refractivity contribution in [3.8, 4) is 0 Å². The molecule has 0 aromatic carbocycles. The first-order valence-electron chi connectivity index (χ1n) is 8.21. The lowest BCUT2D eigenvalue weighted by atomic mass is 10.1. The van der Waals surface area contributed by atoms with Crippen molar-refractivity contribution >= 4 is 0 Å². The maximum atomic E-state index is 9.35. The second-order valence-corrected chi connectivity index (χ2v) is 6.45. The van der Waals surface area contributed by atoms with E-state index in [1.807, 2.05) is 13.0 Å². The Kier molecular flexibility index (Phi) is 6.55. The Balaban J connectivity index is 1.95. The molecule has 1 aliphatic heterocycles. The molecule has 22 heavy (non-hydrogen) atoms. The molecule has 1 saturated heterocycles. The van der Waals surface area contributed by atoms with E-state index in [0.29, 0.717) is 6.04 Å². The molecule has 1 N–H and O–H groups in total. The van der Waals surface area contributed by atoms with Crippen molar-refractivity contribution in [3.63, 3.8) is 0 Å². The average molecular weight is 303 g/mol. The molecule has 0 unspecified atom stereocenters. The Morgan fingerprint density at radius 2 is 2.18 bits per heavy atom. The van der Waals surface area contributed by atoms with Gasteiger partial charge in [0.25, 0.3) is 0 Å². The van der Waals surface area contributed by atoms with Gasteiger partial charge in [-0.15, -0.1) is 0 Å². The minimum atomic E-state index is 0.256. The molecule has 0 amide bonds. The fourth-order valence-corrected chi connectivity index (χ4v) is 2.98. The summed E-state index contributed by atoms with van der Waals surface area (Å²) in [5, 5.41) is 9.35. The SMILES string of the molecule is CC(C)=CCN1CCN(Cc2cccc(C)n2)C[C@H]1CCO. The number of rotatable bonds is 6. The van der Waals surface area contributed by atoms with Crippen LogP contribution >= 0.6 is 0 Å². The molecular formula is C18H29N3O. The highest BCUT2D eigenvalue weighted by molar-refractivity contribution is 5.10. The number of piperazine rings is 1. The van der Waals surface area contributed by atoms with Gasteiger partial charge in [0.15, 0.2) is 0 Å². The smallest absolute Gasteiger partial charge is 0.0547 e. The van der Waals surface area contributed by atoms with Crippen LogP contribution in [0.15, 0.2) is 29.8 Å². The van der Waals surface area contributed by atoms with Crippen LogP contribution in [-0.4, -0.2) is 58.7 Å². The lowest BCUT2D eigenvalue weighted by Gasteiger charge is -2.41. The summed E-state index contributed by atoms with van der Waals surface area (Å²) in [5.41, 5.74) is 3.57. The zero-order valence-corrected chi connectivity index (χ0v) is 14.1. The van der Waals surface area contributed by atoms with Crippen LogP contribution in [0.5, 0.6) is 0 Å². The number of allylic oxidation sites excluding steroid dienone is 1. The van der Waals surface area contributed by atoms with Gasteiger partial charge in [0.05, 0.1) is 5.69 Å². The molecule has 1 aromatic heterocycles. The van der Waals surface area contributed by atoms with Crippen molar-refractivity contribution in [2.75, 3.05) is 32.8 Å². The number of hydrogen-bond donors (Lipinski definition) is 1. The fraction of sp³-hybridized carbons (Fsp3) is 0.611. The Bertz CT molecular complexity index is 497. The molecule has 1 fully saturated rings. The molecule has 1 atom stereocenters. The van der Waals surface area contributed by atoms with E-state index >= 15 is 0 Å². The predicted octanol–water partition coefficient (Wildman–Crippen LogP) is 2.22. The van der Waals surface area contributed by atoms with Crippen LogP contribution in [0.25, 0.3) is 0 Å². The second-order valence-electron chi connectivity index (χ2n) is 6.45. The summed E-state index contributed by atoms with van der Waals surface area (Å²) < 4.78 is 0. The van der Waals surface area contributed by atoms with E-state index in [1.165, 1.54) is 5.57 Å². The highest BCUT2D eigenvalue weighted by Crippen LogP contribution is 2.15. The van der Waals surface area contributed by atoms with Gasteiger partial charge in [-0.3, -0.25) is 14.8 Å². The summed E-state index contributed by atoms with van der Waals surface area (Å²) in [6, 6.07) is 6.65. The first-order chi connectivity index (χ1) is 10.6. The number of aliphatic hydroxyl groups excluding tert-OH is 1. The minimum Gasteiger partial charge on any atom is -0.396 e. The van der Waals surface area contributed by atoms with Gasteiger partial charge in [0, 0.05) is 51.1 Å². The van der Waals surface area contributed by atoms with Crippen LogP contribution in [0.4, 0.5) is 0 Å². The average Bonchev–Trinajstić information content (AvgIpc) is 2.46. The molecule has 122 valence electrons. The van der Waals surface area contributed by atoms with Crippen molar-refractivity contribution in [3.05, 3.63) is 41.2 Å². The van der Waals surface area contributed by atoms with Gasteiger partial charge >= 0.3 is 0 Å². The summed E-state index contributed by atoms with van der Waals surface area (Å²) >= 11 is 0. The predicted molar refractivity (Wildman–Crippen MR) is 90.7 cm³/mol. The molecule has 2 heterocycles. The van der Waals surface area contributed by atoms with Crippen molar-refractivity contribution in [2.45, 2.75) is 39.8 Å². The van der Waals surface area contributed by atoms with Crippen LogP contribution in [0.1, 0.15) is 31.7 Å². The normalized spacial score (nSPS) is 20.1. The lowest BCUT2D eigenvalue weighted by molar-refractivity contribution is 0.0630. The second kappa shape index (κ2) is 8.42. The molecule has 0 bridgehead atoms. The van der Waals surface area contributed by atoms with Gasteiger partial charge in [-0.25, -0.2) is 0 Å². The van der Waals surface area contributed by atoms with Gasteiger partial charge in [0.1, 0.15) is 0 Å². The molecule has 4 nitrogen and oxygen atoms in total. The fourth-order valence-electron chi connectivity index (χ4n) is 2.98. The molecule has 0 radical (unpaired) electrons. The molecule has 0 saturated carbocycles. The lowest BCUT2D eigenvalue weighted by Crippen LogP contribution is -2.53. The molecule has 0 spiro atoms. The number of nitrogens with zero attached hydrogens (tertiary/aromatic N) is 3. The van der Waals surface area contributed by atoms with E-state index in [9.17, 15) is 5.11 Å². The van der Waals surface area contributed by atoms with Crippen LogP contribution in [-0.2, 0) is 6.54 Å². The monoisotopic (exact) mass is 303 g/mol. The third-order valence-corrected chi connectivity index (χ3v) is 4.22. The number of aliphatic hydroxyl groups is 1. The number of hydrogen-bond acceptors (Lipinski definition) is 4. The maximum absolute atomic E-state index is 9.35. The van der Waals surface area contributed by atoms with Gasteiger partial charge in [-0.05, 0) is 39.3 Å². The van der Waals surface area contributed by atoms with Gasteiger partial charge < -0.3 is 5.11 Å². The molecule has 2 rings (SSSR count). The number of aromatic nitrogens is 1. The zero-order valence-electron chi connectivity index (χ0n) is 14.1. The van der Waals surface area contributed by atoms with Gasteiger partial charge in [0.2, 0.25) is 0 Å². The zero-order chi connectivity index (χ0) is 15.9. The largest absolute Gasteiger partial charge is 0.396 e. The summed E-state index contributed by atoms with van der Waals surface area (Å²) in [7, 11) is 0.